The van der Waals surface area contributed by atoms with Gasteiger partial charge in [0, 0.05) is 12.6 Å². The van der Waals surface area contributed by atoms with E-state index in [9.17, 15) is 14.4 Å². The van der Waals surface area contributed by atoms with E-state index in [1.165, 1.54) is 12.1 Å². The minimum atomic E-state index is -1.07. The summed E-state index contributed by atoms with van der Waals surface area (Å²) in [6.07, 6.45) is 0. The molecule has 0 unspecified atom stereocenters. The second-order valence-electron chi connectivity index (χ2n) is 3.01. The predicted molar refractivity (Wildman–Crippen MR) is 55.6 cm³/mol. The zero-order chi connectivity index (χ0) is 12.7. The van der Waals surface area contributed by atoms with Crippen molar-refractivity contribution in [2.24, 2.45) is 0 Å². The second-order valence-corrected chi connectivity index (χ2v) is 3.01. The molecule has 0 atom stereocenters. The van der Waals surface area contributed by atoms with E-state index in [0.29, 0.717) is 0 Å². The Morgan fingerprint density at radius 3 is 2.82 bits per heavy atom. The molecule has 3 N–H and O–H groups in total. The molecule has 0 saturated carbocycles. The van der Waals surface area contributed by atoms with Gasteiger partial charge in [-0.25, -0.2) is 9.89 Å². The number of hydrogen-bond donors (Lipinski definition) is 3. The minimum Gasteiger partial charge on any atom is -0.480 e. The Morgan fingerprint density at radius 2 is 2.24 bits per heavy atom. The van der Waals surface area contributed by atoms with E-state index in [1.807, 2.05) is 0 Å². The van der Waals surface area contributed by atoms with Crippen LogP contribution >= 0.6 is 0 Å². The summed E-state index contributed by atoms with van der Waals surface area (Å²) in [5.74, 6) is -1.54. The first-order chi connectivity index (χ1) is 8.09. The van der Waals surface area contributed by atoms with Crippen molar-refractivity contribution < 1.29 is 19.4 Å². The number of carbonyl (C=O) groups excluding carboxylic acids is 1. The molecule has 0 saturated heterocycles. The number of carboxylic acids is 1. The summed E-state index contributed by atoms with van der Waals surface area (Å²) in [6, 6.07) is 2.47. The number of aliphatic carboxylic acids is 1. The summed E-state index contributed by atoms with van der Waals surface area (Å²) in [5, 5.41) is 16.4. The Balaban J connectivity index is 2.28. The van der Waals surface area contributed by atoms with Crippen LogP contribution in [0.4, 0.5) is 0 Å². The summed E-state index contributed by atoms with van der Waals surface area (Å²) in [7, 11) is 0. The lowest BCUT2D eigenvalue weighted by Gasteiger charge is -2.03. The van der Waals surface area contributed by atoms with Gasteiger partial charge in [0.1, 0.15) is 12.3 Å². The zero-order valence-electron chi connectivity index (χ0n) is 8.80. The molecule has 0 bridgehead atoms. The number of hydrogen-bond acceptors (Lipinski definition) is 5. The largest absolute Gasteiger partial charge is 0.480 e. The van der Waals surface area contributed by atoms with Gasteiger partial charge in [-0.2, -0.15) is 5.10 Å². The molecule has 0 aliphatic rings. The van der Waals surface area contributed by atoms with Crippen LogP contribution in [0, 0.1) is 0 Å². The number of carbonyl (C=O) groups is 2. The van der Waals surface area contributed by atoms with Crippen molar-refractivity contribution in [1.29, 1.82) is 0 Å². The first-order valence-corrected chi connectivity index (χ1v) is 4.73. The third kappa shape index (κ3) is 4.89. The molecule has 1 amide bonds. The van der Waals surface area contributed by atoms with E-state index >= 15 is 0 Å². The van der Waals surface area contributed by atoms with Crippen molar-refractivity contribution in [3.8, 4) is 0 Å². The highest BCUT2D eigenvalue weighted by Gasteiger charge is 2.06. The van der Waals surface area contributed by atoms with Crippen LogP contribution < -0.4 is 10.9 Å². The van der Waals surface area contributed by atoms with Crippen LogP contribution in [0.15, 0.2) is 16.9 Å². The molecule has 8 nitrogen and oxygen atoms in total. The molecular formula is C9H11N3O5. The Morgan fingerprint density at radius 1 is 1.47 bits per heavy atom. The predicted octanol–water partition coefficient (Wildman–Crippen LogP) is -1.40. The first-order valence-electron chi connectivity index (χ1n) is 4.73. The summed E-state index contributed by atoms with van der Waals surface area (Å²) >= 11 is 0. The molecule has 92 valence electrons. The summed E-state index contributed by atoms with van der Waals surface area (Å²) in [6.45, 7) is -0.166. The standard InChI is InChI=1S/C9H11N3O5/c13-7-2-1-6(11-12-7)9(16)10-3-4-17-5-8(14)15/h1-2H,3-5H2,(H,10,16)(H,12,13)(H,14,15). The number of nitrogens with zero attached hydrogens (tertiary/aromatic N) is 1. The lowest BCUT2D eigenvalue weighted by Crippen LogP contribution is -2.29. The van der Waals surface area contributed by atoms with Gasteiger partial charge in [0.15, 0.2) is 0 Å². The van der Waals surface area contributed by atoms with E-state index in [2.05, 4.69) is 15.5 Å². The highest BCUT2D eigenvalue weighted by atomic mass is 16.5. The van der Waals surface area contributed by atoms with Gasteiger partial charge in [0.05, 0.1) is 6.61 Å². The van der Waals surface area contributed by atoms with E-state index in [0.717, 1.165) is 0 Å². The van der Waals surface area contributed by atoms with Crippen LogP contribution in [-0.2, 0) is 9.53 Å². The van der Waals surface area contributed by atoms with Crippen LogP contribution in [0.2, 0.25) is 0 Å². The van der Waals surface area contributed by atoms with E-state index in [1.54, 1.807) is 0 Å². The molecule has 1 rings (SSSR count). The fourth-order valence-electron chi connectivity index (χ4n) is 0.958. The maximum Gasteiger partial charge on any atom is 0.329 e. The fraction of sp³-hybridized carbons (Fsp3) is 0.333. The van der Waals surface area contributed by atoms with Crippen LogP contribution in [-0.4, -0.2) is 46.9 Å². The minimum absolute atomic E-state index is 0.0721. The molecule has 0 aliphatic carbocycles. The van der Waals surface area contributed by atoms with Crippen molar-refractivity contribution >= 4 is 11.9 Å². The van der Waals surface area contributed by atoms with Crippen molar-refractivity contribution in [2.75, 3.05) is 19.8 Å². The SMILES string of the molecule is O=C(O)COCCNC(=O)c1ccc(=O)[nH]n1. The molecule has 0 aliphatic heterocycles. The average molecular weight is 241 g/mol. The number of aromatic nitrogens is 2. The topological polar surface area (TPSA) is 121 Å². The number of amides is 1. The molecule has 0 spiro atoms. The second kappa shape index (κ2) is 6.38. The lowest BCUT2D eigenvalue weighted by molar-refractivity contribution is -0.142. The van der Waals surface area contributed by atoms with Crippen molar-refractivity contribution in [1.82, 2.24) is 15.5 Å². The van der Waals surface area contributed by atoms with Crippen molar-refractivity contribution in [3.63, 3.8) is 0 Å². The van der Waals surface area contributed by atoms with Crippen LogP contribution in [0.3, 0.4) is 0 Å². The monoisotopic (exact) mass is 241 g/mol. The Kier molecular flexibility index (Phi) is 4.82. The molecule has 1 heterocycles. The van der Waals surface area contributed by atoms with Gasteiger partial charge in [0.25, 0.3) is 11.5 Å². The van der Waals surface area contributed by atoms with Crippen LogP contribution in [0.1, 0.15) is 10.5 Å². The first kappa shape index (κ1) is 12.8. The quantitative estimate of drug-likeness (QED) is 0.527. The molecule has 0 radical (unpaired) electrons. The summed E-state index contributed by atoms with van der Waals surface area (Å²) < 4.78 is 4.71. The Hall–Kier alpha value is -2.22. The zero-order valence-corrected chi connectivity index (χ0v) is 8.80. The number of rotatable bonds is 6. The average Bonchev–Trinajstić information content (AvgIpc) is 2.29. The van der Waals surface area contributed by atoms with E-state index in [4.69, 9.17) is 9.84 Å². The number of nitrogens with one attached hydrogen (secondary N) is 2. The highest BCUT2D eigenvalue weighted by molar-refractivity contribution is 5.91. The molecule has 0 aromatic carbocycles. The third-order valence-electron chi connectivity index (χ3n) is 1.67. The normalized spacial score (nSPS) is 9.88. The highest BCUT2D eigenvalue weighted by Crippen LogP contribution is 1.87. The maximum atomic E-state index is 11.4. The van der Waals surface area contributed by atoms with E-state index in [-0.39, 0.29) is 18.8 Å². The van der Waals surface area contributed by atoms with Gasteiger partial charge in [-0.3, -0.25) is 9.59 Å². The molecule has 0 fully saturated rings. The Labute approximate surface area is 95.6 Å². The van der Waals surface area contributed by atoms with Gasteiger partial charge in [-0.15, -0.1) is 0 Å². The van der Waals surface area contributed by atoms with Gasteiger partial charge in [-0.05, 0) is 6.07 Å². The number of H-pyrrole nitrogens is 1. The van der Waals surface area contributed by atoms with Crippen LogP contribution in [0.25, 0.3) is 0 Å². The number of carboxylic acid groups (broad SMARTS) is 1. The number of aromatic amines is 1. The van der Waals surface area contributed by atoms with Crippen molar-refractivity contribution in [3.05, 3.63) is 28.2 Å². The van der Waals surface area contributed by atoms with Gasteiger partial charge < -0.3 is 15.2 Å². The van der Waals surface area contributed by atoms with Gasteiger partial charge >= 0.3 is 5.97 Å². The van der Waals surface area contributed by atoms with E-state index < -0.39 is 24.0 Å². The number of ether oxygens (including phenoxy) is 1. The molecule has 8 heteroatoms. The fourth-order valence-corrected chi connectivity index (χ4v) is 0.958. The van der Waals surface area contributed by atoms with Gasteiger partial charge in [0.2, 0.25) is 0 Å². The van der Waals surface area contributed by atoms with Gasteiger partial charge in [-0.1, -0.05) is 0 Å². The molecular weight excluding hydrogens is 230 g/mol. The summed E-state index contributed by atoms with van der Waals surface area (Å²) in [4.78, 5) is 32.2. The van der Waals surface area contributed by atoms with Crippen molar-refractivity contribution in [2.45, 2.75) is 0 Å². The molecule has 1 aromatic heterocycles. The van der Waals surface area contributed by atoms with Crippen LogP contribution in [0.5, 0.6) is 0 Å². The Bertz CT molecular complexity index is 436. The third-order valence-corrected chi connectivity index (χ3v) is 1.67. The lowest BCUT2D eigenvalue weighted by atomic mass is 10.3. The maximum absolute atomic E-state index is 11.4. The molecule has 1 aromatic rings. The smallest absolute Gasteiger partial charge is 0.329 e. The summed E-state index contributed by atoms with van der Waals surface area (Å²) in [5.41, 5.74) is -0.325. The molecule has 17 heavy (non-hydrogen) atoms.